The Kier molecular flexibility index (Phi) is 7.48. The number of nitrogens with zero attached hydrogens (tertiary/aromatic N) is 3. The highest BCUT2D eigenvalue weighted by atomic mass is 32.2. The molecule has 0 fully saturated rings. The van der Waals surface area contributed by atoms with Crippen LogP contribution in [0, 0.1) is 0 Å². The van der Waals surface area contributed by atoms with Gasteiger partial charge in [0.1, 0.15) is 18.1 Å². The second kappa shape index (κ2) is 10.8. The van der Waals surface area contributed by atoms with Crippen molar-refractivity contribution >= 4 is 29.4 Å². The van der Waals surface area contributed by atoms with Crippen molar-refractivity contribution in [3.8, 4) is 22.9 Å². The standard InChI is InChI=1S/C29H34N4O5S/c1-6-13-30-23(34)15-32-24(35)16-39-26(18-7-12-21-22(14-18)38-17-37-21)25-27(29(2,3)4)31-33(28(25)32)19-8-10-20(36-5)11-9-19/h7-12,14,26H,6,13,15-17H2,1-5H3,(H,30,34)/t26-/m1/s1. The number of carbonyl (C=O) groups excluding carboxylic acids is 2. The highest BCUT2D eigenvalue weighted by molar-refractivity contribution is 8.00. The van der Waals surface area contributed by atoms with Crippen LogP contribution in [-0.2, 0) is 15.0 Å². The average Bonchev–Trinajstić information content (AvgIpc) is 3.52. The monoisotopic (exact) mass is 550 g/mol. The molecule has 206 valence electrons. The summed E-state index contributed by atoms with van der Waals surface area (Å²) in [6.45, 7) is 8.97. The lowest BCUT2D eigenvalue weighted by atomic mass is 9.87. The Balaban J connectivity index is 1.73. The Morgan fingerprint density at radius 1 is 1.15 bits per heavy atom. The van der Waals surface area contributed by atoms with Crippen molar-refractivity contribution in [2.75, 3.05) is 37.6 Å². The first-order valence-corrected chi connectivity index (χ1v) is 14.1. The topological polar surface area (TPSA) is 94.9 Å². The summed E-state index contributed by atoms with van der Waals surface area (Å²) in [7, 11) is 1.62. The number of hydrogen-bond donors (Lipinski definition) is 1. The quantitative estimate of drug-likeness (QED) is 0.459. The third-order valence-corrected chi connectivity index (χ3v) is 7.94. The Labute approximate surface area is 232 Å². The Hall–Kier alpha value is -3.66. The Bertz CT molecular complexity index is 1380. The molecule has 1 atom stereocenters. The van der Waals surface area contributed by atoms with Crippen molar-refractivity contribution in [1.82, 2.24) is 15.1 Å². The maximum Gasteiger partial charge on any atom is 0.240 e. The van der Waals surface area contributed by atoms with Crippen LogP contribution in [0.2, 0.25) is 0 Å². The summed E-state index contributed by atoms with van der Waals surface area (Å²) < 4.78 is 18.4. The van der Waals surface area contributed by atoms with Crippen molar-refractivity contribution < 1.29 is 23.8 Å². The van der Waals surface area contributed by atoms with Gasteiger partial charge in [-0.25, -0.2) is 4.68 Å². The smallest absolute Gasteiger partial charge is 0.240 e. The van der Waals surface area contributed by atoms with Crippen molar-refractivity contribution in [2.45, 2.75) is 44.8 Å². The fraction of sp³-hybridized carbons (Fsp3) is 0.414. The second-order valence-electron chi connectivity index (χ2n) is 10.6. The molecule has 2 amide bonds. The first-order valence-electron chi connectivity index (χ1n) is 13.1. The molecule has 0 bridgehead atoms. The van der Waals surface area contributed by atoms with E-state index in [1.54, 1.807) is 16.7 Å². The molecule has 9 nitrogen and oxygen atoms in total. The summed E-state index contributed by atoms with van der Waals surface area (Å²) in [6, 6.07) is 13.4. The van der Waals surface area contributed by atoms with E-state index >= 15 is 0 Å². The number of anilines is 1. The number of hydrogen-bond acceptors (Lipinski definition) is 7. The number of rotatable bonds is 7. The van der Waals surface area contributed by atoms with Gasteiger partial charge < -0.3 is 19.5 Å². The third kappa shape index (κ3) is 5.30. The van der Waals surface area contributed by atoms with Gasteiger partial charge in [-0.1, -0.05) is 33.8 Å². The minimum atomic E-state index is -0.347. The van der Waals surface area contributed by atoms with Crippen LogP contribution < -0.4 is 24.4 Å². The number of ether oxygens (including phenoxy) is 3. The predicted molar refractivity (Wildman–Crippen MR) is 151 cm³/mol. The fourth-order valence-electron chi connectivity index (χ4n) is 4.78. The maximum atomic E-state index is 13.7. The summed E-state index contributed by atoms with van der Waals surface area (Å²) in [5.41, 5.74) is 3.18. The van der Waals surface area contributed by atoms with Crippen LogP contribution in [0.4, 0.5) is 5.82 Å². The van der Waals surface area contributed by atoms with Crippen LogP contribution in [0.5, 0.6) is 17.2 Å². The van der Waals surface area contributed by atoms with E-state index in [1.165, 1.54) is 11.8 Å². The normalized spacial score (nSPS) is 16.6. The molecule has 3 heterocycles. The molecular formula is C29H34N4O5S. The summed E-state index contributed by atoms with van der Waals surface area (Å²) in [4.78, 5) is 28.3. The van der Waals surface area contributed by atoms with Crippen LogP contribution in [-0.4, -0.2) is 54.3 Å². The van der Waals surface area contributed by atoms with E-state index in [4.69, 9.17) is 19.3 Å². The fourth-order valence-corrected chi connectivity index (χ4v) is 5.97. The molecule has 0 radical (unpaired) electrons. The number of thioether (sulfide) groups is 1. The van der Waals surface area contributed by atoms with E-state index in [9.17, 15) is 9.59 Å². The van der Waals surface area contributed by atoms with Crippen molar-refractivity contribution in [3.05, 3.63) is 59.3 Å². The van der Waals surface area contributed by atoms with Crippen molar-refractivity contribution in [1.29, 1.82) is 0 Å². The lowest BCUT2D eigenvalue weighted by Gasteiger charge is -2.24. The molecule has 0 aliphatic carbocycles. The van der Waals surface area contributed by atoms with E-state index in [-0.39, 0.29) is 41.6 Å². The molecule has 39 heavy (non-hydrogen) atoms. The van der Waals surface area contributed by atoms with E-state index < -0.39 is 0 Å². The largest absolute Gasteiger partial charge is 0.497 e. The molecule has 5 rings (SSSR count). The first kappa shape index (κ1) is 26.9. The number of aromatic nitrogens is 2. The molecule has 0 spiro atoms. The Morgan fingerprint density at radius 2 is 1.90 bits per heavy atom. The van der Waals surface area contributed by atoms with Gasteiger partial charge in [-0.2, -0.15) is 5.10 Å². The molecule has 0 saturated heterocycles. The van der Waals surface area contributed by atoms with Crippen LogP contribution in [0.15, 0.2) is 42.5 Å². The highest BCUT2D eigenvalue weighted by Gasteiger charge is 2.40. The van der Waals surface area contributed by atoms with Gasteiger partial charge in [0.25, 0.3) is 0 Å². The van der Waals surface area contributed by atoms with E-state index in [2.05, 4.69) is 26.1 Å². The lowest BCUT2D eigenvalue weighted by molar-refractivity contribution is -0.122. The third-order valence-electron chi connectivity index (χ3n) is 6.69. The van der Waals surface area contributed by atoms with Gasteiger partial charge in [-0.3, -0.25) is 14.5 Å². The number of nitrogens with one attached hydrogen (secondary N) is 1. The molecule has 2 aliphatic heterocycles. The van der Waals surface area contributed by atoms with Gasteiger partial charge in [0.15, 0.2) is 11.5 Å². The Morgan fingerprint density at radius 3 is 2.59 bits per heavy atom. The van der Waals surface area contributed by atoms with E-state index in [1.807, 2.05) is 49.4 Å². The predicted octanol–water partition coefficient (Wildman–Crippen LogP) is 4.60. The summed E-state index contributed by atoms with van der Waals surface area (Å²) in [5, 5.41) is 7.81. The molecule has 1 aromatic heterocycles. The van der Waals surface area contributed by atoms with E-state index in [0.717, 1.165) is 28.9 Å². The van der Waals surface area contributed by atoms with Gasteiger partial charge >= 0.3 is 0 Å². The summed E-state index contributed by atoms with van der Waals surface area (Å²) in [6.07, 6.45) is 0.810. The molecule has 0 unspecified atom stereocenters. The second-order valence-corrected chi connectivity index (χ2v) is 11.7. The van der Waals surface area contributed by atoms with Gasteiger partial charge in [0, 0.05) is 17.5 Å². The molecule has 2 aliphatic rings. The lowest BCUT2D eigenvalue weighted by Crippen LogP contribution is -2.42. The molecular weight excluding hydrogens is 516 g/mol. The molecule has 10 heteroatoms. The maximum absolute atomic E-state index is 13.7. The minimum Gasteiger partial charge on any atom is -0.497 e. The average molecular weight is 551 g/mol. The number of carbonyl (C=O) groups is 2. The van der Waals surface area contributed by atoms with Crippen molar-refractivity contribution in [3.63, 3.8) is 0 Å². The van der Waals surface area contributed by atoms with Crippen LogP contribution in [0.3, 0.4) is 0 Å². The van der Waals surface area contributed by atoms with E-state index in [0.29, 0.717) is 29.6 Å². The number of methoxy groups -OCH3 is 1. The summed E-state index contributed by atoms with van der Waals surface area (Å²) >= 11 is 1.53. The molecule has 0 saturated carbocycles. The minimum absolute atomic E-state index is 0.0916. The zero-order valence-electron chi connectivity index (χ0n) is 22.9. The van der Waals surface area contributed by atoms with Crippen molar-refractivity contribution in [2.24, 2.45) is 0 Å². The highest BCUT2D eigenvalue weighted by Crippen LogP contribution is 2.49. The van der Waals surface area contributed by atoms with Crippen LogP contribution >= 0.6 is 11.8 Å². The zero-order chi connectivity index (χ0) is 27.7. The molecule has 2 aromatic carbocycles. The molecule has 3 aromatic rings. The van der Waals surface area contributed by atoms with Gasteiger partial charge in [-0.15, -0.1) is 11.8 Å². The SMILES string of the molecule is CCCNC(=O)CN1C(=O)CS[C@H](c2ccc3c(c2)OCO3)c2c(C(C)(C)C)nn(-c3ccc(OC)cc3)c21. The number of benzene rings is 2. The van der Waals surface area contributed by atoms with Gasteiger partial charge in [-0.05, 0) is 48.4 Å². The van der Waals surface area contributed by atoms with Gasteiger partial charge in [0.2, 0.25) is 18.6 Å². The first-order chi connectivity index (χ1) is 18.7. The van der Waals surface area contributed by atoms with Crippen LogP contribution in [0.1, 0.15) is 56.2 Å². The van der Waals surface area contributed by atoms with Crippen LogP contribution in [0.25, 0.3) is 5.69 Å². The summed E-state index contributed by atoms with van der Waals surface area (Å²) in [5.74, 6) is 2.56. The molecule has 1 N–H and O–H groups in total. The zero-order valence-corrected chi connectivity index (χ0v) is 23.8. The number of amides is 2. The number of fused-ring (bicyclic) bond motifs is 2. The van der Waals surface area contributed by atoms with Gasteiger partial charge in [0.05, 0.1) is 29.5 Å².